The molecule has 78 valence electrons. The number of unbranched alkanes of at least 4 members (excludes halogenated alkanes) is 1. The summed E-state index contributed by atoms with van der Waals surface area (Å²) in [4.78, 5) is 10.7. The lowest BCUT2D eigenvalue weighted by Crippen LogP contribution is -1.82. The molecule has 0 aliphatic heterocycles. The van der Waals surface area contributed by atoms with Crippen molar-refractivity contribution in [2.75, 3.05) is 0 Å². The topological polar surface area (TPSA) is 17.1 Å². The lowest BCUT2D eigenvalue weighted by atomic mass is 10.1. The fourth-order valence-corrected chi connectivity index (χ4v) is 1.26. The SMILES string of the molecule is CCCCC(=C=Cc1ccccc1)C=O. The highest BCUT2D eigenvalue weighted by Gasteiger charge is 1.91. The van der Waals surface area contributed by atoms with Gasteiger partial charge in [-0.15, -0.1) is 5.73 Å². The Labute approximate surface area is 91.1 Å². The number of hydrogen-bond acceptors (Lipinski definition) is 1. The van der Waals surface area contributed by atoms with E-state index < -0.39 is 0 Å². The number of carbonyl (C=O) groups is 1. The predicted octanol–water partition coefficient (Wildman–Crippen LogP) is 3.61. The molecule has 0 bridgehead atoms. The number of benzene rings is 1. The Morgan fingerprint density at radius 3 is 2.67 bits per heavy atom. The number of rotatable bonds is 5. The van der Waals surface area contributed by atoms with Crippen LogP contribution in [-0.4, -0.2) is 6.29 Å². The first-order valence-corrected chi connectivity index (χ1v) is 5.32. The molecule has 0 fully saturated rings. The minimum atomic E-state index is 0.751. The zero-order valence-electron chi connectivity index (χ0n) is 9.07. The molecule has 0 radical (unpaired) electrons. The number of allylic oxidation sites excluding steroid dienone is 1. The third-order valence-corrected chi connectivity index (χ3v) is 2.17. The van der Waals surface area contributed by atoms with Gasteiger partial charge in [0.15, 0.2) is 6.29 Å². The summed E-state index contributed by atoms with van der Waals surface area (Å²) in [5.41, 5.74) is 4.87. The van der Waals surface area contributed by atoms with E-state index in [-0.39, 0.29) is 0 Å². The summed E-state index contributed by atoms with van der Waals surface area (Å²) in [5.74, 6) is 0. The summed E-state index contributed by atoms with van der Waals surface area (Å²) in [7, 11) is 0. The van der Waals surface area contributed by atoms with E-state index in [0.717, 1.165) is 36.7 Å². The third-order valence-electron chi connectivity index (χ3n) is 2.17. The van der Waals surface area contributed by atoms with Crippen molar-refractivity contribution in [3.8, 4) is 0 Å². The van der Waals surface area contributed by atoms with Gasteiger partial charge in [0.25, 0.3) is 0 Å². The monoisotopic (exact) mass is 200 g/mol. The molecular formula is C14H16O. The first kappa shape index (κ1) is 11.5. The molecule has 0 unspecified atom stereocenters. The highest BCUT2D eigenvalue weighted by molar-refractivity contribution is 5.74. The molecule has 1 rings (SSSR count). The van der Waals surface area contributed by atoms with Crippen molar-refractivity contribution in [3.05, 3.63) is 47.2 Å². The minimum Gasteiger partial charge on any atom is -0.298 e. The smallest absolute Gasteiger partial charge is 0.153 e. The average molecular weight is 200 g/mol. The summed E-state index contributed by atoms with van der Waals surface area (Å²) >= 11 is 0. The molecule has 0 N–H and O–H groups in total. The second-order valence-corrected chi connectivity index (χ2v) is 3.45. The number of carbonyl (C=O) groups excluding carboxylic acids is 1. The second kappa shape index (κ2) is 6.80. The van der Waals surface area contributed by atoms with E-state index >= 15 is 0 Å². The van der Waals surface area contributed by atoms with Crippen molar-refractivity contribution in [2.24, 2.45) is 0 Å². The molecule has 0 atom stereocenters. The summed E-state index contributed by atoms with van der Waals surface area (Å²) in [6.45, 7) is 2.11. The fraction of sp³-hybridized carbons (Fsp3) is 0.286. The van der Waals surface area contributed by atoms with E-state index in [1.807, 2.05) is 36.4 Å². The summed E-state index contributed by atoms with van der Waals surface area (Å²) in [5, 5.41) is 0. The molecule has 1 nitrogen and oxygen atoms in total. The third kappa shape index (κ3) is 4.44. The molecule has 1 aromatic carbocycles. The van der Waals surface area contributed by atoms with Gasteiger partial charge >= 0.3 is 0 Å². The molecule has 0 saturated carbocycles. The van der Waals surface area contributed by atoms with Crippen LogP contribution in [0, 0.1) is 0 Å². The van der Waals surface area contributed by atoms with Crippen molar-refractivity contribution in [3.63, 3.8) is 0 Å². The molecule has 15 heavy (non-hydrogen) atoms. The maximum atomic E-state index is 10.7. The largest absolute Gasteiger partial charge is 0.298 e. The maximum Gasteiger partial charge on any atom is 0.153 e. The Kier molecular flexibility index (Phi) is 5.21. The summed E-state index contributed by atoms with van der Waals surface area (Å²) in [6, 6.07) is 9.91. The van der Waals surface area contributed by atoms with Gasteiger partial charge in [0, 0.05) is 5.57 Å². The lowest BCUT2D eigenvalue weighted by Gasteiger charge is -1.93. The highest BCUT2D eigenvalue weighted by Crippen LogP contribution is 2.05. The van der Waals surface area contributed by atoms with Crippen LogP contribution in [0.25, 0.3) is 6.08 Å². The standard InChI is InChI=1S/C14H16O/c1-2-3-7-14(12-15)11-10-13-8-5-4-6-9-13/h4-6,8-10,12H,2-3,7H2,1H3. The summed E-state index contributed by atoms with van der Waals surface area (Å²) < 4.78 is 0. The number of hydrogen-bond donors (Lipinski definition) is 0. The van der Waals surface area contributed by atoms with Gasteiger partial charge in [-0.3, -0.25) is 4.79 Å². The van der Waals surface area contributed by atoms with Crippen molar-refractivity contribution in [2.45, 2.75) is 26.2 Å². The minimum absolute atomic E-state index is 0.751. The Hall–Kier alpha value is -1.59. The molecule has 0 aliphatic carbocycles. The Bertz CT molecular complexity index is 356. The van der Waals surface area contributed by atoms with E-state index in [1.165, 1.54) is 0 Å². The summed E-state index contributed by atoms with van der Waals surface area (Å²) in [6.07, 6.45) is 5.73. The molecular weight excluding hydrogens is 184 g/mol. The van der Waals surface area contributed by atoms with Crippen molar-refractivity contribution < 1.29 is 4.79 Å². The van der Waals surface area contributed by atoms with Gasteiger partial charge in [0.05, 0.1) is 0 Å². The molecule has 0 aromatic heterocycles. The molecule has 0 spiro atoms. The predicted molar refractivity (Wildman–Crippen MR) is 63.5 cm³/mol. The molecule has 0 aliphatic rings. The van der Waals surface area contributed by atoms with Crippen LogP contribution in [0.2, 0.25) is 0 Å². The molecule has 0 amide bonds. The Balaban J connectivity index is 2.74. The second-order valence-electron chi connectivity index (χ2n) is 3.45. The molecule has 0 saturated heterocycles. The van der Waals surface area contributed by atoms with Crippen LogP contribution in [0.3, 0.4) is 0 Å². The van der Waals surface area contributed by atoms with Gasteiger partial charge in [-0.25, -0.2) is 0 Å². The maximum absolute atomic E-state index is 10.7. The zero-order valence-corrected chi connectivity index (χ0v) is 9.07. The highest BCUT2D eigenvalue weighted by atomic mass is 16.1. The normalized spacial score (nSPS) is 9.13. The van der Waals surface area contributed by atoms with Gasteiger partial charge in [0.1, 0.15) is 0 Å². The van der Waals surface area contributed by atoms with Gasteiger partial charge in [-0.1, -0.05) is 43.7 Å². The fourth-order valence-electron chi connectivity index (χ4n) is 1.26. The van der Waals surface area contributed by atoms with Crippen LogP contribution >= 0.6 is 0 Å². The first-order valence-electron chi connectivity index (χ1n) is 5.32. The van der Waals surface area contributed by atoms with E-state index in [9.17, 15) is 4.79 Å². The Morgan fingerprint density at radius 2 is 2.07 bits per heavy atom. The lowest BCUT2D eigenvalue weighted by molar-refractivity contribution is -0.105. The van der Waals surface area contributed by atoms with Crippen LogP contribution < -0.4 is 0 Å². The zero-order chi connectivity index (χ0) is 10.9. The molecule has 1 aromatic rings. The van der Waals surface area contributed by atoms with Crippen molar-refractivity contribution >= 4 is 12.4 Å². The van der Waals surface area contributed by atoms with Gasteiger partial charge in [-0.05, 0) is 24.5 Å². The van der Waals surface area contributed by atoms with Gasteiger partial charge in [0.2, 0.25) is 0 Å². The van der Waals surface area contributed by atoms with Crippen LogP contribution in [0.15, 0.2) is 41.6 Å². The Morgan fingerprint density at radius 1 is 1.33 bits per heavy atom. The van der Waals surface area contributed by atoms with Crippen molar-refractivity contribution in [1.29, 1.82) is 0 Å². The first-order chi connectivity index (χ1) is 7.36. The van der Waals surface area contributed by atoms with Crippen LogP contribution in [0.5, 0.6) is 0 Å². The average Bonchev–Trinajstić information content (AvgIpc) is 2.31. The molecule has 1 heteroatoms. The van der Waals surface area contributed by atoms with E-state index in [2.05, 4.69) is 12.7 Å². The van der Waals surface area contributed by atoms with Gasteiger partial charge in [-0.2, -0.15) is 0 Å². The van der Waals surface area contributed by atoms with Crippen LogP contribution in [0.4, 0.5) is 0 Å². The van der Waals surface area contributed by atoms with Crippen molar-refractivity contribution in [1.82, 2.24) is 0 Å². The quantitative estimate of drug-likeness (QED) is 0.403. The van der Waals surface area contributed by atoms with Crippen LogP contribution in [0.1, 0.15) is 31.7 Å². The molecule has 0 heterocycles. The van der Waals surface area contributed by atoms with E-state index in [4.69, 9.17) is 0 Å². The number of aldehydes is 1. The van der Waals surface area contributed by atoms with E-state index in [0.29, 0.717) is 0 Å². The van der Waals surface area contributed by atoms with Crippen LogP contribution in [-0.2, 0) is 4.79 Å². The van der Waals surface area contributed by atoms with E-state index in [1.54, 1.807) is 0 Å². The van der Waals surface area contributed by atoms with Gasteiger partial charge < -0.3 is 0 Å².